The summed E-state index contributed by atoms with van der Waals surface area (Å²) in [7, 11) is 0. The van der Waals surface area contributed by atoms with Crippen LogP contribution in [0, 0.1) is 16.0 Å². The fourth-order valence-electron chi connectivity index (χ4n) is 1.52. The number of aliphatic carboxylic acids is 1. The summed E-state index contributed by atoms with van der Waals surface area (Å²) in [5.74, 6) is -2.25. The van der Waals surface area contributed by atoms with Crippen molar-refractivity contribution in [1.82, 2.24) is 5.32 Å². The maximum absolute atomic E-state index is 11.8. The first-order chi connectivity index (χ1) is 9.36. The van der Waals surface area contributed by atoms with Gasteiger partial charge in [0, 0.05) is 18.7 Å². The first-order valence-corrected chi connectivity index (χ1v) is 6.19. The topological polar surface area (TPSA) is 110 Å². The monoisotopic (exact) mass is 300 g/mol. The maximum atomic E-state index is 11.8. The van der Waals surface area contributed by atoms with Gasteiger partial charge < -0.3 is 10.4 Å². The van der Waals surface area contributed by atoms with E-state index in [0.717, 1.165) is 12.1 Å². The van der Waals surface area contributed by atoms with E-state index in [1.165, 1.54) is 6.07 Å². The van der Waals surface area contributed by atoms with Gasteiger partial charge in [-0.2, -0.15) is 0 Å². The highest BCUT2D eigenvalue weighted by Gasteiger charge is 2.18. The lowest BCUT2D eigenvalue weighted by Crippen LogP contribution is -2.32. The number of hydrogen-bond acceptors (Lipinski definition) is 4. The molecule has 0 bridgehead atoms. The molecule has 0 aliphatic rings. The van der Waals surface area contributed by atoms with Crippen LogP contribution in [-0.4, -0.2) is 28.5 Å². The minimum absolute atomic E-state index is 0.0298. The van der Waals surface area contributed by atoms with E-state index in [4.69, 9.17) is 16.7 Å². The summed E-state index contributed by atoms with van der Waals surface area (Å²) in [6.07, 6.45) is 0.379. The molecule has 0 aliphatic heterocycles. The van der Waals surface area contributed by atoms with Gasteiger partial charge in [-0.25, -0.2) is 0 Å². The van der Waals surface area contributed by atoms with E-state index in [-0.39, 0.29) is 22.8 Å². The van der Waals surface area contributed by atoms with Crippen molar-refractivity contribution in [3.63, 3.8) is 0 Å². The highest BCUT2D eigenvalue weighted by atomic mass is 35.5. The van der Waals surface area contributed by atoms with Crippen molar-refractivity contribution in [2.75, 3.05) is 6.54 Å². The second-order valence-electron chi connectivity index (χ2n) is 4.07. The Morgan fingerprint density at radius 2 is 2.15 bits per heavy atom. The van der Waals surface area contributed by atoms with Gasteiger partial charge in [0.1, 0.15) is 0 Å². The molecule has 2 N–H and O–H groups in total. The molecule has 0 spiro atoms. The number of carbonyl (C=O) groups is 2. The lowest BCUT2D eigenvalue weighted by Gasteiger charge is -2.11. The minimum atomic E-state index is -0.998. The number of hydrogen-bond donors (Lipinski definition) is 2. The van der Waals surface area contributed by atoms with Gasteiger partial charge in [-0.1, -0.05) is 18.5 Å². The van der Waals surface area contributed by atoms with Gasteiger partial charge in [-0.3, -0.25) is 19.7 Å². The van der Waals surface area contributed by atoms with Crippen LogP contribution < -0.4 is 5.32 Å². The number of nitrogens with zero attached hydrogens (tertiary/aromatic N) is 1. The van der Waals surface area contributed by atoms with Crippen molar-refractivity contribution in [1.29, 1.82) is 0 Å². The summed E-state index contributed by atoms with van der Waals surface area (Å²) in [5.41, 5.74) is -0.152. The predicted molar refractivity (Wildman–Crippen MR) is 71.9 cm³/mol. The second kappa shape index (κ2) is 6.85. The number of benzene rings is 1. The molecule has 0 aromatic heterocycles. The Morgan fingerprint density at radius 3 is 2.60 bits per heavy atom. The van der Waals surface area contributed by atoms with Crippen LogP contribution in [0.4, 0.5) is 5.69 Å². The molecule has 0 heterocycles. The van der Waals surface area contributed by atoms with Crippen molar-refractivity contribution >= 4 is 29.2 Å². The van der Waals surface area contributed by atoms with E-state index in [2.05, 4.69) is 5.32 Å². The number of nitrogens with one attached hydrogen (secondary N) is 1. The average molecular weight is 301 g/mol. The number of rotatable bonds is 6. The SMILES string of the molecule is CCC(CNC(=O)c1ccc([N+](=O)[O-])cc1Cl)C(=O)O. The molecule has 108 valence electrons. The Balaban J connectivity index is 2.78. The molecule has 1 aromatic carbocycles. The van der Waals surface area contributed by atoms with E-state index in [1.807, 2.05) is 0 Å². The molecular weight excluding hydrogens is 288 g/mol. The average Bonchev–Trinajstić information content (AvgIpc) is 2.38. The highest BCUT2D eigenvalue weighted by molar-refractivity contribution is 6.34. The molecule has 1 aromatic rings. The van der Waals surface area contributed by atoms with Gasteiger partial charge in [0.2, 0.25) is 0 Å². The van der Waals surface area contributed by atoms with Gasteiger partial charge in [-0.15, -0.1) is 0 Å². The number of halogens is 1. The number of non-ortho nitro benzene ring substituents is 1. The van der Waals surface area contributed by atoms with E-state index in [9.17, 15) is 19.7 Å². The van der Waals surface area contributed by atoms with Crippen molar-refractivity contribution in [2.45, 2.75) is 13.3 Å². The van der Waals surface area contributed by atoms with Gasteiger partial charge >= 0.3 is 5.97 Å². The van der Waals surface area contributed by atoms with Crippen LogP contribution in [0.1, 0.15) is 23.7 Å². The molecule has 1 amide bonds. The molecule has 8 heteroatoms. The molecule has 0 aliphatic carbocycles. The maximum Gasteiger partial charge on any atom is 0.308 e. The summed E-state index contributed by atoms with van der Waals surface area (Å²) in [5, 5.41) is 21.8. The second-order valence-corrected chi connectivity index (χ2v) is 4.48. The molecule has 1 unspecified atom stereocenters. The van der Waals surface area contributed by atoms with Crippen molar-refractivity contribution in [2.24, 2.45) is 5.92 Å². The van der Waals surface area contributed by atoms with Crippen LogP contribution >= 0.6 is 11.6 Å². The lowest BCUT2D eigenvalue weighted by molar-refractivity contribution is -0.384. The molecule has 0 saturated heterocycles. The summed E-state index contributed by atoms with van der Waals surface area (Å²) < 4.78 is 0. The van der Waals surface area contributed by atoms with Gasteiger partial charge in [0.15, 0.2) is 0 Å². The highest BCUT2D eigenvalue weighted by Crippen LogP contribution is 2.22. The van der Waals surface area contributed by atoms with E-state index in [0.29, 0.717) is 6.42 Å². The molecule has 1 atom stereocenters. The normalized spacial score (nSPS) is 11.7. The smallest absolute Gasteiger partial charge is 0.308 e. The third-order valence-electron chi connectivity index (χ3n) is 2.76. The Morgan fingerprint density at radius 1 is 1.50 bits per heavy atom. The van der Waals surface area contributed by atoms with Crippen LogP contribution in [0.15, 0.2) is 18.2 Å². The number of nitro benzene ring substituents is 1. The molecule has 1 rings (SSSR count). The molecule has 0 fully saturated rings. The fourth-order valence-corrected chi connectivity index (χ4v) is 1.78. The zero-order valence-corrected chi connectivity index (χ0v) is 11.4. The third-order valence-corrected chi connectivity index (χ3v) is 3.07. The van der Waals surface area contributed by atoms with Crippen LogP contribution in [-0.2, 0) is 4.79 Å². The third kappa shape index (κ3) is 3.92. The van der Waals surface area contributed by atoms with Crippen LogP contribution in [0.3, 0.4) is 0 Å². The standard InChI is InChI=1S/C12H13ClN2O5/c1-2-7(12(17)18)6-14-11(16)9-4-3-8(15(19)20)5-10(9)13/h3-5,7H,2,6H2,1H3,(H,14,16)(H,17,18). The largest absolute Gasteiger partial charge is 0.481 e. The quantitative estimate of drug-likeness (QED) is 0.617. The molecule has 20 heavy (non-hydrogen) atoms. The predicted octanol–water partition coefficient (Wildman–Crippen LogP) is 2.09. The van der Waals surface area contributed by atoms with Gasteiger partial charge in [-0.05, 0) is 12.5 Å². The molecule has 0 saturated carbocycles. The van der Waals surface area contributed by atoms with Crippen molar-refractivity contribution in [3.8, 4) is 0 Å². The summed E-state index contributed by atoms with van der Waals surface area (Å²) in [6.45, 7) is 1.67. The number of carboxylic acids is 1. The molecule has 7 nitrogen and oxygen atoms in total. The number of carbonyl (C=O) groups excluding carboxylic acids is 1. The zero-order chi connectivity index (χ0) is 15.3. The van der Waals surface area contributed by atoms with Gasteiger partial charge in [0.25, 0.3) is 11.6 Å². The first-order valence-electron chi connectivity index (χ1n) is 5.81. The fraction of sp³-hybridized carbons (Fsp3) is 0.333. The lowest BCUT2D eigenvalue weighted by atomic mass is 10.1. The van der Waals surface area contributed by atoms with Gasteiger partial charge in [0.05, 0.1) is 21.4 Å². The summed E-state index contributed by atoms with van der Waals surface area (Å²) in [4.78, 5) is 32.6. The number of amides is 1. The number of carboxylic acid groups (broad SMARTS) is 1. The van der Waals surface area contributed by atoms with E-state index < -0.39 is 22.7 Å². The van der Waals surface area contributed by atoms with Crippen LogP contribution in [0.5, 0.6) is 0 Å². The molecule has 0 radical (unpaired) electrons. The Bertz CT molecular complexity index is 547. The van der Waals surface area contributed by atoms with Crippen LogP contribution in [0.25, 0.3) is 0 Å². The van der Waals surface area contributed by atoms with Crippen molar-refractivity contribution in [3.05, 3.63) is 38.9 Å². The Hall–Kier alpha value is -2.15. The van der Waals surface area contributed by atoms with E-state index >= 15 is 0 Å². The summed E-state index contributed by atoms with van der Waals surface area (Å²) >= 11 is 5.80. The van der Waals surface area contributed by atoms with E-state index in [1.54, 1.807) is 6.92 Å². The molecular formula is C12H13ClN2O5. The summed E-state index contributed by atoms with van der Waals surface area (Å²) in [6, 6.07) is 3.47. The van der Waals surface area contributed by atoms with Crippen LogP contribution in [0.2, 0.25) is 5.02 Å². The zero-order valence-electron chi connectivity index (χ0n) is 10.6. The Kier molecular flexibility index (Phi) is 5.45. The Labute approximate surface area is 119 Å². The van der Waals surface area contributed by atoms with Crippen molar-refractivity contribution < 1.29 is 19.6 Å². The first kappa shape index (κ1) is 15.9. The number of nitro groups is 1. The minimum Gasteiger partial charge on any atom is -0.481 e.